The molecule has 0 bridgehead atoms. The van der Waals surface area contributed by atoms with E-state index in [1.54, 1.807) is 0 Å². The van der Waals surface area contributed by atoms with E-state index in [4.69, 9.17) is 22.7 Å². The fraction of sp³-hybridized carbons (Fsp3) is 0.500. The van der Waals surface area contributed by atoms with Gasteiger partial charge < -0.3 is 15.8 Å². The first-order chi connectivity index (χ1) is 9.11. The lowest BCUT2D eigenvalue weighted by atomic mass is 9.99. The number of thiocarbonyl (C=S) groups is 1. The molecule has 1 heterocycles. The zero-order valence-corrected chi connectivity index (χ0v) is 13.4. The molecule has 5 heteroatoms. The Morgan fingerprint density at radius 1 is 1.58 bits per heavy atom. The van der Waals surface area contributed by atoms with Gasteiger partial charge in [0.15, 0.2) is 0 Å². The van der Waals surface area contributed by atoms with Crippen molar-refractivity contribution in [2.45, 2.75) is 25.9 Å². The van der Waals surface area contributed by atoms with E-state index >= 15 is 0 Å². The standard InChI is InChI=1S/C14H19BrN2OS/c1-2-13-9(5-6-18-13)8-17-12-4-3-10(15)7-11(12)14(16)19/h3-4,7,9,13,17H,2,5-6,8H2,1H3,(H2,16,19). The van der Waals surface area contributed by atoms with E-state index in [0.717, 1.165) is 41.7 Å². The second kappa shape index (κ2) is 6.68. The molecule has 0 aliphatic carbocycles. The van der Waals surface area contributed by atoms with E-state index in [1.165, 1.54) is 0 Å². The van der Waals surface area contributed by atoms with Gasteiger partial charge in [-0.3, -0.25) is 0 Å². The zero-order chi connectivity index (χ0) is 13.8. The molecular weight excluding hydrogens is 324 g/mol. The zero-order valence-electron chi connectivity index (χ0n) is 11.0. The first kappa shape index (κ1) is 14.8. The summed E-state index contributed by atoms with van der Waals surface area (Å²) in [6.07, 6.45) is 2.55. The third-order valence-corrected chi connectivity index (χ3v) is 4.26. The van der Waals surface area contributed by atoms with Crippen LogP contribution in [0.1, 0.15) is 25.3 Å². The van der Waals surface area contributed by atoms with Crippen molar-refractivity contribution in [3.05, 3.63) is 28.2 Å². The summed E-state index contributed by atoms with van der Waals surface area (Å²) < 4.78 is 6.68. The van der Waals surface area contributed by atoms with Gasteiger partial charge in [-0.05, 0) is 31.0 Å². The van der Waals surface area contributed by atoms with Gasteiger partial charge >= 0.3 is 0 Å². The Morgan fingerprint density at radius 2 is 2.37 bits per heavy atom. The predicted molar refractivity (Wildman–Crippen MR) is 86.7 cm³/mol. The highest BCUT2D eigenvalue weighted by Crippen LogP contribution is 2.26. The summed E-state index contributed by atoms with van der Waals surface area (Å²) in [4.78, 5) is 0.415. The van der Waals surface area contributed by atoms with Crippen LogP contribution < -0.4 is 11.1 Å². The molecule has 1 aromatic carbocycles. The Bertz CT molecular complexity index is 467. The molecule has 104 valence electrons. The van der Waals surface area contributed by atoms with Crippen molar-refractivity contribution in [1.82, 2.24) is 0 Å². The van der Waals surface area contributed by atoms with Crippen molar-refractivity contribution in [3.8, 4) is 0 Å². The molecule has 3 N–H and O–H groups in total. The van der Waals surface area contributed by atoms with Crippen LogP contribution in [0.15, 0.2) is 22.7 Å². The fourth-order valence-corrected chi connectivity index (χ4v) is 3.02. The summed E-state index contributed by atoms with van der Waals surface area (Å²) in [6, 6.07) is 5.95. The normalized spacial score (nSPS) is 22.4. The number of anilines is 1. The van der Waals surface area contributed by atoms with E-state index in [1.807, 2.05) is 18.2 Å². The average Bonchev–Trinajstić information content (AvgIpc) is 2.84. The number of hydrogen-bond donors (Lipinski definition) is 2. The second-order valence-electron chi connectivity index (χ2n) is 4.80. The molecule has 0 saturated carbocycles. The quantitative estimate of drug-likeness (QED) is 0.806. The highest BCUT2D eigenvalue weighted by Gasteiger charge is 2.26. The number of nitrogens with one attached hydrogen (secondary N) is 1. The van der Waals surface area contributed by atoms with Gasteiger partial charge in [-0.25, -0.2) is 0 Å². The molecule has 19 heavy (non-hydrogen) atoms. The van der Waals surface area contributed by atoms with Crippen LogP contribution in [-0.4, -0.2) is 24.2 Å². The minimum absolute atomic E-state index is 0.372. The molecule has 1 aliphatic heterocycles. The van der Waals surface area contributed by atoms with Gasteiger partial charge in [0.2, 0.25) is 0 Å². The summed E-state index contributed by atoms with van der Waals surface area (Å²) in [5.41, 5.74) is 7.65. The third-order valence-electron chi connectivity index (χ3n) is 3.55. The van der Waals surface area contributed by atoms with E-state index in [0.29, 0.717) is 17.0 Å². The SMILES string of the molecule is CCC1OCCC1CNc1ccc(Br)cc1C(N)=S. The van der Waals surface area contributed by atoms with Crippen molar-refractivity contribution < 1.29 is 4.74 Å². The van der Waals surface area contributed by atoms with Crippen molar-refractivity contribution in [2.75, 3.05) is 18.5 Å². The van der Waals surface area contributed by atoms with Crippen LogP contribution in [0, 0.1) is 5.92 Å². The predicted octanol–water partition coefficient (Wildman–Crippen LogP) is 3.31. The minimum Gasteiger partial charge on any atom is -0.389 e. The highest BCUT2D eigenvalue weighted by atomic mass is 79.9. The number of ether oxygens (including phenoxy) is 1. The van der Waals surface area contributed by atoms with Gasteiger partial charge in [-0.15, -0.1) is 0 Å². The van der Waals surface area contributed by atoms with Gasteiger partial charge in [-0.2, -0.15) is 0 Å². The smallest absolute Gasteiger partial charge is 0.106 e. The summed E-state index contributed by atoms with van der Waals surface area (Å²) >= 11 is 8.54. The Balaban J connectivity index is 2.05. The number of nitrogens with two attached hydrogens (primary N) is 1. The molecular formula is C14H19BrN2OS. The van der Waals surface area contributed by atoms with Gasteiger partial charge in [0, 0.05) is 34.8 Å². The lowest BCUT2D eigenvalue weighted by Crippen LogP contribution is -2.24. The molecule has 1 aliphatic rings. The van der Waals surface area contributed by atoms with Gasteiger partial charge in [0.05, 0.1) is 6.10 Å². The summed E-state index contributed by atoms with van der Waals surface area (Å²) in [6.45, 7) is 3.94. The number of rotatable bonds is 5. The fourth-order valence-electron chi connectivity index (χ4n) is 2.49. The number of halogens is 1. The average molecular weight is 343 g/mol. The van der Waals surface area contributed by atoms with Crippen LogP contribution in [-0.2, 0) is 4.74 Å². The molecule has 0 aromatic heterocycles. The molecule has 0 spiro atoms. The van der Waals surface area contributed by atoms with Crippen LogP contribution in [0.25, 0.3) is 0 Å². The van der Waals surface area contributed by atoms with Crippen LogP contribution >= 0.6 is 28.1 Å². The van der Waals surface area contributed by atoms with Crippen LogP contribution in [0.4, 0.5) is 5.69 Å². The first-order valence-electron chi connectivity index (χ1n) is 6.56. The largest absolute Gasteiger partial charge is 0.389 e. The van der Waals surface area contributed by atoms with Crippen molar-refractivity contribution >= 4 is 38.8 Å². The molecule has 1 saturated heterocycles. The summed E-state index contributed by atoms with van der Waals surface area (Å²) in [5.74, 6) is 0.563. The topological polar surface area (TPSA) is 47.3 Å². The number of hydrogen-bond acceptors (Lipinski definition) is 3. The lowest BCUT2D eigenvalue weighted by Gasteiger charge is -2.19. The molecule has 2 unspecified atom stereocenters. The van der Waals surface area contributed by atoms with Gasteiger partial charge in [0.1, 0.15) is 4.99 Å². The molecule has 2 rings (SSSR count). The van der Waals surface area contributed by atoms with Crippen molar-refractivity contribution in [3.63, 3.8) is 0 Å². The van der Waals surface area contributed by atoms with E-state index in [2.05, 4.69) is 28.2 Å². The molecule has 0 radical (unpaired) electrons. The maximum atomic E-state index is 5.77. The highest BCUT2D eigenvalue weighted by molar-refractivity contribution is 9.10. The van der Waals surface area contributed by atoms with E-state index in [-0.39, 0.29) is 0 Å². The molecule has 0 amide bonds. The van der Waals surface area contributed by atoms with E-state index in [9.17, 15) is 0 Å². The first-order valence-corrected chi connectivity index (χ1v) is 7.76. The monoisotopic (exact) mass is 342 g/mol. The summed E-state index contributed by atoms with van der Waals surface area (Å²) in [5, 5.41) is 3.46. The van der Waals surface area contributed by atoms with Crippen LogP contribution in [0.5, 0.6) is 0 Å². The molecule has 1 aromatic rings. The Labute approximate surface area is 128 Å². The second-order valence-corrected chi connectivity index (χ2v) is 6.16. The molecule has 3 nitrogen and oxygen atoms in total. The van der Waals surface area contributed by atoms with Crippen molar-refractivity contribution in [1.29, 1.82) is 0 Å². The lowest BCUT2D eigenvalue weighted by molar-refractivity contribution is 0.0900. The maximum absolute atomic E-state index is 5.77. The summed E-state index contributed by atoms with van der Waals surface area (Å²) in [7, 11) is 0. The molecule has 1 fully saturated rings. The Kier molecular flexibility index (Phi) is 5.19. The van der Waals surface area contributed by atoms with E-state index < -0.39 is 0 Å². The Hall–Kier alpha value is -0.650. The molecule has 2 atom stereocenters. The van der Waals surface area contributed by atoms with Crippen LogP contribution in [0.2, 0.25) is 0 Å². The maximum Gasteiger partial charge on any atom is 0.106 e. The van der Waals surface area contributed by atoms with Crippen molar-refractivity contribution in [2.24, 2.45) is 11.7 Å². The number of benzene rings is 1. The van der Waals surface area contributed by atoms with Gasteiger partial charge in [-0.1, -0.05) is 35.1 Å². The third kappa shape index (κ3) is 3.68. The van der Waals surface area contributed by atoms with Crippen LogP contribution in [0.3, 0.4) is 0 Å². The Morgan fingerprint density at radius 3 is 3.05 bits per heavy atom. The van der Waals surface area contributed by atoms with Gasteiger partial charge in [0.25, 0.3) is 0 Å². The minimum atomic E-state index is 0.372.